The fraction of sp³-hybridized carbons (Fsp3) is 0.414. The largest absolute Gasteiger partial charge is 0.469 e. The molecule has 2 aliphatic heterocycles. The van der Waals surface area contributed by atoms with Crippen LogP contribution in [0.3, 0.4) is 0 Å². The average molecular weight is 540 g/mol. The van der Waals surface area contributed by atoms with Crippen LogP contribution < -0.4 is 0 Å². The Balaban J connectivity index is 1.40. The van der Waals surface area contributed by atoms with E-state index in [-0.39, 0.29) is 36.3 Å². The molecule has 0 aromatic heterocycles. The molecule has 194 valence electrons. The quantitative estimate of drug-likeness (QED) is 0.437. The van der Waals surface area contributed by atoms with E-state index in [1.165, 1.54) is 12.7 Å². The summed E-state index contributed by atoms with van der Waals surface area (Å²) in [6, 6.07) is 15.4. The summed E-state index contributed by atoms with van der Waals surface area (Å²) in [7, 11) is 1.43. The van der Waals surface area contributed by atoms with E-state index in [0.29, 0.717) is 36.0 Å². The maximum absolute atomic E-state index is 13.7. The molecule has 0 bridgehead atoms. The molecule has 0 spiro atoms. The molecule has 1 saturated carbocycles. The van der Waals surface area contributed by atoms with Gasteiger partial charge in [0, 0.05) is 16.0 Å². The number of carbonyl (C=O) groups excluding carboxylic acids is 2. The Kier molecular flexibility index (Phi) is 7.98. The van der Waals surface area contributed by atoms with E-state index in [4.69, 9.17) is 33.0 Å². The lowest BCUT2D eigenvalue weighted by Gasteiger charge is -2.33. The topological polar surface area (TPSA) is 62.2 Å². The Morgan fingerprint density at radius 3 is 2.30 bits per heavy atom. The van der Waals surface area contributed by atoms with Gasteiger partial charge in [0.1, 0.15) is 0 Å². The third-order valence-electron chi connectivity index (χ3n) is 7.66. The number of allylic oxidation sites excluding steroid dienone is 1. The van der Waals surface area contributed by atoms with Crippen molar-refractivity contribution in [3.63, 3.8) is 0 Å². The van der Waals surface area contributed by atoms with E-state index in [0.717, 1.165) is 36.1 Å². The first-order valence-electron chi connectivity index (χ1n) is 12.9. The molecule has 1 amide bonds. The highest BCUT2D eigenvalue weighted by Crippen LogP contribution is 2.44. The number of esters is 1. The third-order valence-corrected chi connectivity index (χ3v) is 8.16. The van der Waals surface area contributed by atoms with Gasteiger partial charge < -0.3 is 4.74 Å². The van der Waals surface area contributed by atoms with Gasteiger partial charge in [0.25, 0.3) is 5.91 Å². The molecule has 5 rings (SSSR count). The zero-order chi connectivity index (χ0) is 25.9. The van der Waals surface area contributed by atoms with Gasteiger partial charge in [0.2, 0.25) is 0 Å². The molecule has 1 aliphatic carbocycles. The zero-order valence-electron chi connectivity index (χ0n) is 20.9. The number of benzene rings is 2. The number of ether oxygens (including phenoxy) is 1. The van der Waals surface area contributed by atoms with Gasteiger partial charge in [-0.1, -0.05) is 47.5 Å². The second kappa shape index (κ2) is 11.4. The number of methoxy groups -OCH3 is 1. The van der Waals surface area contributed by atoms with Crippen molar-refractivity contribution in [3.05, 3.63) is 75.3 Å². The van der Waals surface area contributed by atoms with E-state index in [1.807, 2.05) is 48.5 Å². The third kappa shape index (κ3) is 5.77. The molecule has 0 unspecified atom stereocenters. The first kappa shape index (κ1) is 26.0. The summed E-state index contributed by atoms with van der Waals surface area (Å²) in [6.45, 7) is 1.65. The number of hydrogen-bond donors (Lipinski definition) is 0. The van der Waals surface area contributed by atoms with Crippen LogP contribution in [0, 0.1) is 11.8 Å². The summed E-state index contributed by atoms with van der Waals surface area (Å²) >= 11 is 12.3. The van der Waals surface area contributed by atoms with Gasteiger partial charge in [-0.3, -0.25) is 14.5 Å². The van der Waals surface area contributed by atoms with Gasteiger partial charge in [-0.25, -0.2) is 5.01 Å². The number of fused-ring (bicyclic) bond motifs is 1. The van der Waals surface area contributed by atoms with Gasteiger partial charge in [-0.05, 0) is 92.2 Å². The van der Waals surface area contributed by atoms with Crippen LogP contribution in [-0.2, 0) is 14.3 Å². The number of carbonyl (C=O) groups is 2. The Bertz CT molecular complexity index is 1200. The highest BCUT2D eigenvalue weighted by molar-refractivity contribution is 6.30. The Hall–Kier alpha value is -2.67. The van der Waals surface area contributed by atoms with Crippen molar-refractivity contribution in [3.8, 4) is 0 Å². The first-order valence-corrected chi connectivity index (χ1v) is 13.6. The highest BCUT2D eigenvalue weighted by Gasteiger charge is 2.44. The molecule has 2 heterocycles. The second-order valence-corrected chi connectivity index (χ2v) is 10.9. The van der Waals surface area contributed by atoms with Crippen molar-refractivity contribution >= 4 is 46.9 Å². The molecule has 0 N–H and O–H groups in total. The minimum absolute atomic E-state index is 0.0239. The average Bonchev–Trinajstić information content (AvgIpc) is 3.31. The molecule has 37 heavy (non-hydrogen) atoms. The SMILES string of the molecule is COC(=O)C1CCN(CC(=O)N2N=C3/C(=C/c4ccc(Cl)cc4)CCC[C@@H]3[C@@H]2c2ccc(Cl)cc2)CC1. The van der Waals surface area contributed by atoms with E-state index in [1.54, 1.807) is 5.01 Å². The molecule has 1 saturated heterocycles. The standard InChI is InChI=1S/C29H31Cl2N3O3/c1-37-29(36)21-13-15-33(16-14-21)18-26(35)34-28(20-7-11-24(31)12-8-20)25-4-2-3-22(27(25)32-34)17-19-5-9-23(30)10-6-19/h5-12,17,21,25,28H,2-4,13-16,18H2,1H3/b22-17+/t25-,28-/m0/s1. The highest BCUT2D eigenvalue weighted by atomic mass is 35.5. The van der Waals surface area contributed by atoms with E-state index >= 15 is 0 Å². The van der Waals surface area contributed by atoms with Crippen LogP contribution in [0.4, 0.5) is 0 Å². The van der Waals surface area contributed by atoms with Crippen molar-refractivity contribution < 1.29 is 14.3 Å². The minimum atomic E-state index is -0.165. The predicted molar refractivity (Wildman–Crippen MR) is 146 cm³/mol. The Labute approximate surface area is 227 Å². The fourth-order valence-electron chi connectivity index (χ4n) is 5.72. The molecule has 3 aliphatic rings. The number of halogens is 2. The van der Waals surface area contributed by atoms with Crippen LogP contribution in [0.5, 0.6) is 0 Å². The molecule has 2 atom stereocenters. The summed E-state index contributed by atoms with van der Waals surface area (Å²) in [4.78, 5) is 27.7. The van der Waals surface area contributed by atoms with Crippen molar-refractivity contribution in [2.24, 2.45) is 16.9 Å². The molecular weight excluding hydrogens is 509 g/mol. The van der Waals surface area contributed by atoms with Crippen LogP contribution in [0.25, 0.3) is 6.08 Å². The van der Waals surface area contributed by atoms with Crippen molar-refractivity contribution in [1.29, 1.82) is 0 Å². The maximum atomic E-state index is 13.7. The molecular formula is C29H31Cl2N3O3. The molecule has 2 aromatic rings. The van der Waals surface area contributed by atoms with Crippen LogP contribution in [0.2, 0.25) is 10.0 Å². The molecule has 6 nitrogen and oxygen atoms in total. The number of amides is 1. The summed E-state index contributed by atoms with van der Waals surface area (Å²) in [5.74, 6) is -0.149. The van der Waals surface area contributed by atoms with E-state index < -0.39 is 0 Å². The number of piperidine rings is 1. The Morgan fingerprint density at radius 1 is 1.00 bits per heavy atom. The number of hydrazone groups is 1. The number of nitrogens with zero attached hydrogens (tertiary/aromatic N) is 3. The number of likely N-dealkylation sites (tertiary alicyclic amines) is 1. The monoisotopic (exact) mass is 539 g/mol. The van der Waals surface area contributed by atoms with Crippen molar-refractivity contribution in [2.75, 3.05) is 26.7 Å². The van der Waals surface area contributed by atoms with E-state index in [2.05, 4.69) is 11.0 Å². The number of rotatable bonds is 5. The van der Waals surface area contributed by atoms with Gasteiger partial charge in [0.15, 0.2) is 0 Å². The predicted octanol–water partition coefficient (Wildman–Crippen LogP) is 6.00. The molecule has 0 radical (unpaired) electrons. The number of hydrogen-bond acceptors (Lipinski definition) is 5. The summed E-state index contributed by atoms with van der Waals surface area (Å²) in [6.07, 6.45) is 6.51. The molecule has 2 fully saturated rings. The fourth-order valence-corrected chi connectivity index (χ4v) is 5.97. The second-order valence-electron chi connectivity index (χ2n) is 10.0. The first-order chi connectivity index (χ1) is 17.9. The van der Waals surface area contributed by atoms with Gasteiger partial charge in [-0.2, -0.15) is 5.10 Å². The van der Waals surface area contributed by atoms with Crippen molar-refractivity contribution in [1.82, 2.24) is 9.91 Å². The summed E-state index contributed by atoms with van der Waals surface area (Å²) in [5, 5.41) is 8.06. The summed E-state index contributed by atoms with van der Waals surface area (Å²) in [5.41, 5.74) is 4.29. The smallest absolute Gasteiger partial charge is 0.308 e. The Morgan fingerprint density at radius 2 is 1.65 bits per heavy atom. The molecule has 2 aromatic carbocycles. The van der Waals surface area contributed by atoms with Crippen LogP contribution in [-0.4, -0.2) is 54.2 Å². The lowest BCUT2D eigenvalue weighted by Crippen LogP contribution is -2.43. The lowest BCUT2D eigenvalue weighted by molar-refractivity contribution is -0.147. The van der Waals surface area contributed by atoms with Gasteiger partial charge in [0.05, 0.1) is 31.3 Å². The molecule has 8 heteroatoms. The zero-order valence-corrected chi connectivity index (χ0v) is 22.4. The maximum Gasteiger partial charge on any atom is 0.308 e. The van der Waals surface area contributed by atoms with E-state index in [9.17, 15) is 9.59 Å². The van der Waals surface area contributed by atoms with Crippen molar-refractivity contribution in [2.45, 2.75) is 38.1 Å². The van der Waals surface area contributed by atoms with Crippen LogP contribution in [0.1, 0.15) is 49.3 Å². The summed E-state index contributed by atoms with van der Waals surface area (Å²) < 4.78 is 4.90. The van der Waals surface area contributed by atoms with Crippen LogP contribution in [0.15, 0.2) is 59.2 Å². The minimum Gasteiger partial charge on any atom is -0.469 e. The normalized spacial score (nSPS) is 23.6. The van der Waals surface area contributed by atoms with Crippen LogP contribution >= 0.6 is 23.2 Å². The lowest BCUT2D eigenvalue weighted by atomic mass is 9.77. The van der Waals surface area contributed by atoms with Gasteiger partial charge >= 0.3 is 5.97 Å². The van der Waals surface area contributed by atoms with Gasteiger partial charge in [-0.15, -0.1) is 0 Å².